The number of amides is 1. The number of hydrogen-bond donors (Lipinski definition) is 1. The van der Waals surface area contributed by atoms with Crippen molar-refractivity contribution in [1.29, 1.82) is 0 Å². The second-order valence-corrected chi connectivity index (χ2v) is 6.86. The molecule has 0 saturated carbocycles. The summed E-state index contributed by atoms with van der Waals surface area (Å²) >= 11 is 1.12. The van der Waals surface area contributed by atoms with Gasteiger partial charge in [-0.2, -0.15) is 18.3 Å². The van der Waals surface area contributed by atoms with Crippen LogP contribution in [0.5, 0.6) is 0 Å². The first-order valence-corrected chi connectivity index (χ1v) is 7.65. The quantitative estimate of drug-likeness (QED) is 0.924. The molecule has 10 heteroatoms. The summed E-state index contributed by atoms with van der Waals surface area (Å²) in [6.07, 6.45) is -3.15. The van der Waals surface area contributed by atoms with Gasteiger partial charge in [0.1, 0.15) is 5.01 Å². The number of aryl methyl sites for hydroxylation is 1. The molecule has 2 rings (SSSR count). The molecule has 0 radical (unpaired) electrons. The molecule has 1 amide bonds. The topological polar surface area (TPSA) is 72.7 Å². The van der Waals surface area contributed by atoms with Crippen LogP contribution in [0, 0.1) is 0 Å². The predicted octanol–water partition coefficient (Wildman–Crippen LogP) is 3.32. The van der Waals surface area contributed by atoms with Gasteiger partial charge in [0.2, 0.25) is 5.13 Å². The van der Waals surface area contributed by atoms with Gasteiger partial charge in [-0.15, -0.1) is 10.2 Å². The van der Waals surface area contributed by atoms with Crippen molar-refractivity contribution in [2.75, 3.05) is 5.32 Å². The zero-order valence-corrected chi connectivity index (χ0v) is 13.8. The maximum Gasteiger partial charge on any atom is 0.433 e. The molecule has 1 N–H and O–H groups in total. The average molecular weight is 347 g/mol. The highest BCUT2D eigenvalue weighted by atomic mass is 32.1. The molecule has 0 spiro atoms. The maximum absolute atomic E-state index is 13.4. The summed E-state index contributed by atoms with van der Waals surface area (Å²) < 4.78 is 40.9. The van der Waals surface area contributed by atoms with E-state index < -0.39 is 28.9 Å². The monoisotopic (exact) mass is 347 g/mol. The highest BCUT2D eigenvalue weighted by molar-refractivity contribution is 7.15. The number of carbonyl (C=O) groups excluding carboxylic acids is 1. The van der Waals surface area contributed by atoms with Gasteiger partial charge in [-0.1, -0.05) is 18.3 Å². The lowest BCUT2D eigenvalue weighted by Gasteiger charge is -2.23. The van der Waals surface area contributed by atoms with Crippen LogP contribution >= 0.6 is 11.3 Å². The molecule has 23 heavy (non-hydrogen) atoms. The van der Waals surface area contributed by atoms with Gasteiger partial charge >= 0.3 is 6.18 Å². The van der Waals surface area contributed by atoms with E-state index in [4.69, 9.17) is 0 Å². The Hall–Kier alpha value is -1.97. The first kappa shape index (κ1) is 17.4. The van der Waals surface area contributed by atoms with Crippen molar-refractivity contribution in [2.24, 2.45) is 0 Å². The Morgan fingerprint density at radius 3 is 2.43 bits per heavy atom. The number of halogens is 3. The van der Waals surface area contributed by atoms with E-state index in [1.54, 1.807) is 20.8 Å². The largest absolute Gasteiger partial charge is 0.433 e. The van der Waals surface area contributed by atoms with E-state index in [2.05, 4.69) is 20.6 Å². The lowest BCUT2D eigenvalue weighted by Crippen LogP contribution is -2.30. The Labute approximate surface area is 134 Å². The Balaban J connectivity index is 2.39. The molecule has 6 nitrogen and oxygen atoms in total. The minimum absolute atomic E-state index is 0.156. The van der Waals surface area contributed by atoms with Crippen LogP contribution in [0.3, 0.4) is 0 Å². The van der Waals surface area contributed by atoms with Crippen LogP contribution < -0.4 is 5.32 Å². The van der Waals surface area contributed by atoms with Crippen LogP contribution in [-0.4, -0.2) is 25.9 Å². The molecule has 2 heterocycles. The molecule has 2 aromatic rings. The van der Waals surface area contributed by atoms with Crippen molar-refractivity contribution < 1.29 is 18.0 Å². The highest BCUT2D eigenvalue weighted by Gasteiger charge is 2.42. The van der Waals surface area contributed by atoms with Gasteiger partial charge in [-0.05, 0) is 27.2 Å². The zero-order chi connectivity index (χ0) is 17.4. The Bertz CT molecular complexity index is 714. The molecule has 0 aliphatic rings. The van der Waals surface area contributed by atoms with Crippen molar-refractivity contribution >= 4 is 22.4 Å². The fraction of sp³-hybridized carbons (Fsp3) is 0.538. The van der Waals surface area contributed by atoms with E-state index in [0.717, 1.165) is 22.2 Å². The van der Waals surface area contributed by atoms with Crippen LogP contribution in [0.15, 0.2) is 6.20 Å². The van der Waals surface area contributed by atoms with Gasteiger partial charge in [0.25, 0.3) is 5.91 Å². The number of aromatic nitrogens is 4. The predicted molar refractivity (Wildman–Crippen MR) is 79.5 cm³/mol. The summed E-state index contributed by atoms with van der Waals surface area (Å²) in [6.45, 7) is 6.60. The van der Waals surface area contributed by atoms with Crippen molar-refractivity contribution in [3.8, 4) is 0 Å². The van der Waals surface area contributed by atoms with Crippen LogP contribution in [0.2, 0.25) is 0 Å². The number of carbonyl (C=O) groups is 1. The second kappa shape index (κ2) is 5.91. The second-order valence-electron chi connectivity index (χ2n) is 5.80. The molecule has 0 unspecified atom stereocenters. The minimum Gasteiger partial charge on any atom is -0.296 e. The number of nitrogens with zero attached hydrogens (tertiary/aromatic N) is 4. The molecule has 0 fully saturated rings. The van der Waals surface area contributed by atoms with Crippen LogP contribution in [0.1, 0.15) is 48.8 Å². The molecule has 0 saturated heterocycles. The standard InChI is InChI=1S/C13H16F3N5OS/c1-5-8-19-20-11(23-8)18-10(22)7-6-17-21(12(2,3)4)9(7)13(14,15)16/h6H,5H2,1-4H3,(H,18,20,22). The highest BCUT2D eigenvalue weighted by Crippen LogP contribution is 2.35. The third-order valence-electron chi connectivity index (χ3n) is 2.91. The van der Waals surface area contributed by atoms with Gasteiger partial charge < -0.3 is 0 Å². The zero-order valence-electron chi connectivity index (χ0n) is 13.0. The van der Waals surface area contributed by atoms with Gasteiger partial charge in [-0.25, -0.2) is 0 Å². The first-order valence-electron chi connectivity index (χ1n) is 6.83. The van der Waals surface area contributed by atoms with Crippen molar-refractivity contribution in [3.05, 3.63) is 22.5 Å². The third kappa shape index (κ3) is 3.69. The molecule has 0 aromatic carbocycles. The first-order chi connectivity index (χ1) is 10.5. The molecule has 0 bridgehead atoms. The van der Waals surface area contributed by atoms with E-state index in [1.807, 2.05) is 6.92 Å². The number of rotatable bonds is 3. The minimum atomic E-state index is -4.70. The Morgan fingerprint density at radius 1 is 1.30 bits per heavy atom. The maximum atomic E-state index is 13.4. The summed E-state index contributed by atoms with van der Waals surface area (Å²) in [7, 11) is 0. The SMILES string of the molecule is CCc1nnc(NC(=O)c2cnn(C(C)(C)C)c2C(F)(F)F)s1. The lowest BCUT2D eigenvalue weighted by atomic mass is 10.1. The number of hydrogen-bond acceptors (Lipinski definition) is 5. The Morgan fingerprint density at radius 2 is 1.96 bits per heavy atom. The normalized spacial score (nSPS) is 12.5. The average Bonchev–Trinajstić information content (AvgIpc) is 3.02. The van der Waals surface area contributed by atoms with Gasteiger partial charge in [0.15, 0.2) is 5.69 Å². The van der Waals surface area contributed by atoms with E-state index in [9.17, 15) is 18.0 Å². The summed E-state index contributed by atoms with van der Waals surface area (Å²) in [5.74, 6) is -0.911. The summed E-state index contributed by atoms with van der Waals surface area (Å²) in [6, 6.07) is 0. The van der Waals surface area contributed by atoms with Crippen LogP contribution in [0.4, 0.5) is 18.3 Å². The van der Waals surface area contributed by atoms with Gasteiger partial charge in [0, 0.05) is 0 Å². The molecular formula is C13H16F3N5OS. The fourth-order valence-electron chi connectivity index (χ4n) is 1.91. The van der Waals surface area contributed by atoms with Gasteiger partial charge in [-0.3, -0.25) is 14.8 Å². The molecule has 0 aliphatic heterocycles. The molecular weight excluding hydrogens is 331 g/mol. The lowest BCUT2D eigenvalue weighted by molar-refractivity contribution is -0.146. The molecule has 2 aromatic heterocycles. The van der Waals surface area contributed by atoms with Crippen LogP contribution in [0.25, 0.3) is 0 Å². The number of anilines is 1. The Kier molecular flexibility index (Phi) is 4.47. The third-order valence-corrected chi connectivity index (χ3v) is 3.89. The summed E-state index contributed by atoms with van der Waals surface area (Å²) in [5.41, 5.74) is -2.54. The van der Waals surface area contributed by atoms with E-state index in [0.29, 0.717) is 11.4 Å². The smallest absolute Gasteiger partial charge is 0.296 e. The number of alkyl halides is 3. The summed E-state index contributed by atoms with van der Waals surface area (Å²) in [5, 5.41) is 14.5. The number of nitrogens with one attached hydrogen (secondary N) is 1. The van der Waals surface area contributed by atoms with Gasteiger partial charge in [0.05, 0.1) is 17.3 Å². The van der Waals surface area contributed by atoms with Crippen molar-refractivity contribution in [3.63, 3.8) is 0 Å². The molecule has 126 valence electrons. The van der Waals surface area contributed by atoms with Crippen LogP contribution in [-0.2, 0) is 18.1 Å². The van der Waals surface area contributed by atoms with E-state index in [1.165, 1.54) is 0 Å². The summed E-state index contributed by atoms with van der Waals surface area (Å²) in [4.78, 5) is 12.2. The fourth-order valence-corrected chi connectivity index (χ4v) is 2.58. The van der Waals surface area contributed by atoms with Crippen molar-refractivity contribution in [2.45, 2.75) is 45.8 Å². The van der Waals surface area contributed by atoms with Crippen molar-refractivity contribution in [1.82, 2.24) is 20.0 Å². The molecule has 0 atom stereocenters. The van der Waals surface area contributed by atoms with E-state index in [-0.39, 0.29) is 5.13 Å². The van der Waals surface area contributed by atoms with E-state index >= 15 is 0 Å². The molecule has 0 aliphatic carbocycles.